The lowest BCUT2D eigenvalue weighted by molar-refractivity contribution is -0.265. The van der Waals surface area contributed by atoms with Crippen molar-refractivity contribution >= 4 is 5.97 Å². The van der Waals surface area contributed by atoms with Crippen LogP contribution >= 0.6 is 0 Å². The van der Waals surface area contributed by atoms with E-state index in [-0.39, 0.29) is 17.9 Å². The Morgan fingerprint density at radius 2 is 1.64 bits per heavy atom. The van der Waals surface area contributed by atoms with E-state index in [4.69, 9.17) is 18.9 Å². The molecule has 9 heteroatoms. The number of methoxy groups -OCH3 is 1. The van der Waals surface area contributed by atoms with E-state index in [9.17, 15) is 20.1 Å². The van der Waals surface area contributed by atoms with Gasteiger partial charge in [0.25, 0.3) is 0 Å². The normalized spacial score (nSPS) is 48.2. The van der Waals surface area contributed by atoms with Crippen molar-refractivity contribution in [2.24, 2.45) is 17.8 Å². The Hall–Kier alpha value is -0.810. The molecule has 0 radical (unpaired) electrons. The predicted molar refractivity (Wildman–Crippen MR) is 150 cm³/mol. The molecule has 2 fully saturated rings. The quantitative estimate of drug-likeness (QED) is 0.445. The topological polar surface area (TPSA) is 118 Å². The molecule has 0 amide bonds. The number of aliphatic hydroxyl groups is 3. The van der Waals surface area contributed by atoms with Crippen LogP contribution in [0.4, 0.5) is 0 Å². The molecule has 2 heterocycles. The molecule has 0 spiro atoms. The minimum absolute atomic E-state index is 0.0856. The average molecular weight is 560 g/mol. The number of aliphatic hydroxyl groups excluding tert-OH is 1. The van der Waals surface area contributed by atoms with Crippen molar-refractivity contribution in [1.29, 1.82) is 0 Å². The third kappa shape index (κ3) is 8.84. The highest BCUT2D eigenvalue weighted by molar-refractivity contribution is 5.73. The summed E-state index contributed by atoms with van der Waals surface area (Å²) in [5, 5.41) is 34.1. The van der Waals surface area contributed by atoms with Gasteiger partial charge < -0.3 is 39.2 Å². The van der Waals surface area contributed by atoms with Crippen molar-refractivity contribution in [1.82, 2.24) is 4.90 Å². The molecule has 0 aliphatic carbocycles. The summed E-state index contributed by atoms with van der Waals surface area (Å²) in [6.45, 7) is 17.5. The zero-order valence-corrected chi connectivity index (χ0v) is 26.3. The minimum Gasteiger partial charge on any atom is -0.459 e. The van der Waals surface area contributed by atoms with E-state index >= 15 is 0 Å². The van der Waals surface area contributed by atoms with Crippen molar-refractivity contribution in [3.05, 3.63) is 0 Å². The van der Waals surface area contributed by atoms with E-state index in [1.807, 2.05) is 53.5 Å². The lowest BCUT2D eigenvalue weighted by Crippen LogP contribution is -2.59. The highest BCUT2D eigenvalue weighted by atomic mass is 16.7. The van der Waals surface area contributed by atoms with Gasteiger partial charge in [0.05, 0.1) is 29.3 Å². The van der Waals surface area contributed by atoms with E-state index < -0.39 is 59.3 Å². The van der Waals surface area contributed by atoms with Crippen LogP contribution in [-0.4, -0.2) is 100 Å². The standard InChI is InChI=1S/C30H57NO8/c1-12-23-30(9,35)26(32)22(6)31(10)17-18(2)13-28(7,34)14-19(3)25(21(5)27(33)38-23)39-24-16-29(8,36-11)15-20(4)37-24/h18-26,32,34-35H,12-17H2,1-11H3/t18-,19-,20+,21-,22-,23-,24+,25+,26?,28-,29+,30-/m1/s1. The number of hydrogen-bond donors (Lipinski definition) is 3. The van der Waals surface area contributed by atoms with Crippen molar-refractivity contribution < 1.29 is 39.1 Å². The molecule has 0 saturated carbocycles. The third-order valence-electron chi connectivity index (χ3n) is 9.11. The van der Waals surface area contributed by atoms with Crippen LogP contribution in [0.1, 0.15) is 94.4 Å². The van der Waals surface area contributed by atoms with Gasteiger partial charge in [-0.2, -0.15) is 0 Å². The largest absolute Gasteiger partial charge is 0.459 e. The fourth-order valence-corrected chi connectivity index (χ4v) is 6.85. The molecule has 0 aromatic heterocycles. The second-order valence-electron chi connectivity index (χ2n) is 13.5. The van der Waals surface area contributed by atoms with Crippen LogP contribution in [0.2, 0.25) is 0 Å². The number of ether oxygens (including phenoxy) is 4. The molecule has 2 aliphatic heterocycles. The summed E-state index contributed by atoms with van der Waals surface area (Å²) < 4.78 is 24.3. The third-order valence-corrected chi connectivity index (χ3v) is 9.11. The van der Waals surface area contributed by atoms with Crippen LogP contribution in [0.25, 0.3) is 0 Å². The summed E-state index contributed by atoms with van der Waals surface area (Å²) in [5.41, 5.74) is -3.09. The van der Waals surface area contributed by atoms with Crippen LogP contribution in [0, 0.1) is 17.8 Å². The summed E-state index contributed by atoms with van der Waals surface area (Å²) >= 11 is 0. The molecule has 230 valence electrons. The van der Waals surface area contributed by atoms with E-state index in [1.165, 1.54) is 6.92 Å². The molecule has 9 nitrogen and oxygen atoms in total. The van der Waals surface area contributed by atoms with Crippen molar-refractivity contribution in [2.75, 3.05) is 20.7 Å². The molecular weight excluding hydrogens is 502 g/mol. The fourth-order valence-electron chi connectivity index (χ4n) is 6.85. The number of esters is 1. The SMILES string of the molecule is CC[C@H]1OC(=O)[C@H](C)[C@@H](O[C@H]2C[C@@](C)(OC)C[C@H](C)O2)[C@H](C)C[C@](C)(O)C[C@@H](C)CN(C)[C@H](C)C(O)[C@]1(C)O. The molecule has 3 N–H and O–H groups in total. The number of carbonyl (C=O) groups is 1. The van der Waals surface area contributed by atoms with Gasteiger partial charge in [0, 0.05) is 32.5 Å². The van der Waals surface area contributed by atoms with E-state index in [0.29, 0.717) is 32.2 Å². The van der Waals surface area contributed by atoms with E-state index in [2.05, 4.69) is 6.92 Å². The van der Waals surface area contributed by atoms with Crippen molar-refractivity contribution in [3.63, 3.8) is 0 Å². The Bertz CT molecular complexity index is 791. The van der Waals surface area contributed by atoms with Crippen molar-refractivity contribution in [2.45, 2.75) is 148 Å². The molecule has 0 aromatic rings. The van der Waals surface area contributed by atoms with Gasteiger partial charge in [-0.15, -0.1) is 0 Å². The molecule has 2 rings (SSSR count). The van der Waals surface area contributed by atoms with Gasteiger partial charge >= 0.3 is 5.97 Å². The predicted octanol–water partition coefficient (Wildman–Crippen LogP) is 3.51. The summed E-state index contributed by atoms with van der Waals surface area (Å²) in [4.78, 5) is 15.6. The summed E-state index contributed by atoms with van der Waals surface area (Å²) in [7, 11) is 3.58. The zero-order chi connectivity index (χ0) is 29.9. The number of likely N-dealkylation sites (N-methyl/N-ethyl adjacent to an activating group) is 1. The zero-order valence-electron chi connectivity index (χ0n) is 26.3. The fraction of sp³-hybridized carbons (Fsp3) is 0.967. The van der Waals surface area contributed by atoms with Crippen LogP contribution < -0.4 is 0 Å². The van der Waals surface area contributed by atoms with Gasteiger partial charge in [-0.3, -0.25) is 4.79 Å². The van der Waals surface area contributed by atoms with Gasteiger partial charge in [0.1, 0.15) is 17.8 Å². The number of carbonyl (C=O) groups excluding carboxylic acids is 1. The maximum Gasteiger partial charge on any atom is 0.311 e. The summed E-state index contributed by atoms with van der Waals surface area (Å²) in [6, 6.07) is -0.404. The van der Waals surface area contributed by atoms with Crippen LogP contribution in [-0.2, 0) is 23.7 Å². The van der Waals surface area contributed by atoms with Gasteiger partial charge in [-0.05, 0) is 79.7 Å². The van der Waals surface area contributed by atoms with Gasteiger partial charge in [-0.25, -0.2) is 0 Å². The van der Waals surface area contributed by atoms with Crippen molar-refractivity contribution in [3.8, 4) is 0 Å². The molecule has 0 aromatic carbocycles. The number of cyclic esters (lactones) is 1. The molecule has 2 saturated heterocycles. The number of rotatable bonds is 4. The minimum atomic E-state index is -1.67. The van der Waals surface area contributed by atoms with Gasteiger partial charge in [0.15, 0.2) is 6.29 Å². The molecule has 0 bridgehead atoms. The first-order chi connectivity index (χ1) is 17.9. The average Bonchev–Trinajstić information content (AvgIpc) is 2.82. The first-order valence-electron chi connectivity index (χ1n) is 14.7. The van der Waals surface area contributed by atoms with E-state index in [1.54, 1.807) is 14.0 Å². The van der Waals surface area contributed by atoms with Crippen LogP contribution in [0.5, 0.6) is 0 Å². The number of hydrogen-bond acceptors (Lipinski definition) is 9. The Balaban J connectivity index is 2.45. The Labute approximate surface area is 236 Å². The second kappa shape index (κ2) is 13.4. The number of nitrogens with zero attached hydrogens (tertiary/aromatic N) is 1. The Kier molecular flexibility index (Phi) is 11.9. The molecule has 2 aliphatic rings. The highest BCUT2D eigenvalue weighted by Gasteiger charge is 2.47. The molecular formula is C30H57NO8. The second-order valence-corrected chi connectivity index (χ2v) is 13.5. The Morgan fingerprint density at radius 3 is 2.21 bits per heavy atom. The van der Waals surface area contributed by atoms with Crippen LogP contribution in [0.15, 0.2) is 0 Å². The first kappa shape index (κ1) is 34.4. The lowest BCUT2D eigenvalue weighted by atomic mass is 9.80. The molecule has 39 heavy (non-hydrogen) atoms. The van der Waals surface area contributed by atoms with Crippen LogP contribution in [0.3, 0.4) is 0 Å². The smallest absolute Gasteiger partial charge is 0.311 e. The maximum atomic E-state index is 13.6. The highest BCUT2D eigenvalue weighted by Crippen LogP contribution is 2.37. The summed E-state index contributed by atoms with van der Waals surface area (Å²) in [6.07, 6.45) is -0.846. The molecule has 12 atom stereocenters. The van der Waals surface area contributed by atoms with E-state index in [0.717, 1.165) is 6.42 Å². The summed E-state index contributed by atoms with van der Waals surface area (Å²) in [5.74, 6) is -1.33. The Morgan fingerprint density at radius 1 is 1.03 bits per heavy atom. The first-order valence-corrected chi connectivity index (χ1v) is 14.7. The van der Waals surface area contributed by atoms with Gasteiger partial charge in [-0.1, -0.05) is 20.8 Å². The lowest BCUT2D eigenvalue weighted by Gasteiger charge is -2.43. The van der Waals surface area contributed by atoms with Gasteiger partial charge in [0.2, 0.25) is 0 Å². The molecule has 1 unspecified atom stereocenters. The monoisotopic (exact) mass is 559 g/mol. The maximum absolute atomic E-state index is 13.6.